The molecule has 94 valence electrons. The lowest BCUT2D eigenvalue weighted by atomic mass is 10.1. The molecule has 1 aromatic heterocycles. The Morgan fingerprint density at radius 2 is 2.18 bits per heavy atom. The Morgan fingerprint density at radius 3 is 2.76 bits per heavy atom. The highest BCUT2D eigenvalue weighted by Gasteiger charge is 2.22. The lowest BCUT2D eigenvalue weighted by molar-refractivity contribution is 0.247. The first-order valence-electron chi connectivity index (χ1n) is 6.04. The van der Waals surface area contributed by atoms with Crippen molar-refractivity contribution < 1.29 is 5.11 Å². The molecule has 2 rings (SSSR count). The van der Waals surface area contributed by atoms with Crippen LogP contribution in [0.25, 0.3) is 0 Å². The molecule has 2 heterocycles. The zero-order valence-electron chi connectivity index (χ0n) is 10.5. The van der Waals surface area contributed by atoms with Crippen molar-refractivity contribution in [2.24, 2.45) is 0 Å². The van der Waals surface area contributed by atoms with Crippen molar-refractivity contribution in [1.82, 2.24) is 14.9 Å². The Morgan fingerprint density at radius 1 is 1.47 bits per heavy atom. The highest BCUT2D eigenvalue weighted by molar-refractivity contribution is 5.30. The molecule has 1 aliphatic rings. The average Bonchev–Trinajstić information content (AvgIpc) is 2.38. The van der Waals surface area contributed by atoms with Crippen LogP contribution in [0.1, 0.15) is 18.4 Å². The number of aliphatic hydroxyl groups is 1. The number of likely N-dealkylation sites (tertiary alicyclic amines) is 1. The lowest BCUT2D eigenvalue weighted by Crippen LogP contribution is -2.45. The van der Waals surface area contributed by atoms with E-state index in [2.05, 4.69) is 26.8 Å². The van der Waals surface area contributed by atoms with E-state index in [9.17, 15) is 0 Å². The van der Waals surface area contributed by atoms with E-state index in [0.29, 0.717) is 6.04 Å². The van der Waals surface area contributed by atoms with Crippen LogP contribution >= 0.6 is 0 Å². The quantitative estimate of drug-likeness (QED) is 0.828. The van der Waals surface area contributed by atoms with Crippen LogP contribution in [0.5, 0.6) is 0 Å². The van der Waals surface area contributed by atoms with E-state index in [1.807, 2.05) is 7.05 Å². The summed E-state index contributed by atoms with van der Waals surface area (Å²) in [5.41, 5.74) is 0.753. The van der Waals surface area contributed by atoms with Gasteiger partial charge in [0, 0.05) is 37.6 Å². The molecule has 1 unspecified atom stereocenters. The number of aliphatic hydroxyl groups excluding tert-OH is 1. The first-order chi connectivity index (χ1) is 8.20. The minimum absolute atomic E-state index is 0.00381. The standard InChI is InChI=1S/C12H20N4O/c1-15-5-3-4-11(8-15)16(2)12-13-6-10(9-17)7-14-12/h6-7,11,17H,3-5,8-9H2,1-2H3. The Kier molecular flexibility index (Phi) is 3.91. The first-order valence-corrected chi connectivity index (χ1v) is 6.04. The predicted molar refractivity (Wildman–Crippen MR) is 66.9 cm³/mol. The van der Waals surface area contributed by atoms with Gasteiger partial charge in [0.15, 0.2) is 0 Å². The summed E-state index contributed by atoms with van der Waals surface area (Å²) in [6.07, 6.45) is 5.78. The van der Waals surface area contributed by atoms with Gasteiger partial charge in [0.05, 0.1) is 6.61 Å². The summed E-state index contributed by atoms with van der Waals surface area (Å²) in [5.74, 6) is 0.738. The molecule has 5 heteroatoms. The van der Waals surface area contributed by atoms with Crippen LogP contribution in [0.3, 0.4) is 0 Å². The number of hydrogen-bond donors (Lipinski definition) is 1. The average molecular weight is 236 g/mol. The zero-order chi connectivity index (χ0) is 12.3. The summed E-state index contributed by atoms with van der Waals surface area (Å²) in [6.45, 7) is 2.23. The van der Waals surface area contributed by atoms with E-state index < -0.39 is 0 Å². The molecule has 0 amide bonds. The van der Waals surface area contributed by atoms with Crippen molar-refractivity contribution in [2.45, 2.75) is 25.5 Å². The van der Waals surface area contributed by atoms with E-state index in [4.69, 9.17) is 5.11 Å². The van der Waals surface area contributed by atoms with Gasteiger partial charge in [0.1, 0.15) is 0 Å². The maximum Gasteiger partial charge on any atom is 0.225 e. The van der Waals surface area contributed by atoms with E-state index in [1.165, 1.54) is 19.4 Å². The van der Waals surface area contributed by atoms with Crippen LogP contribution in [0.2, 0.25) is 0 Å². The van der Waals surface area contributed by atoms with Gasteiger partial charge in [-0.2, -0.15) is 0 Å². The molecule has 1 aliphatic heterocycles. The van der Waals surface area contributed by atoms with Gasteiger partial charge < -0.3 is 14.9 Å². The van der Waals surface area contributed by atoms with Crippen LogP contribution in [0.4, 0.5) is 5.95 Å². The molecule has 1 aromatic rings. The van der Waals surface area contributed by atoms with Crippen LogP contribution in [0.15, 0.2) is 12.4 Å². The van der Waals surface area contributed by atoms with Crippen LogP contribution in [-0.4, -0.2) is 53.2 Å². The van der Waals surface area contributed by atoms with Crippen molar-refractivity contribution in [3.8, 4) is 0 Å². The van der Waals surface area contributed by atoms with Gasteiger partial charge in [-0.1, -0.05) is 0 Å². The van der Waals surface area contributed by atoms with Gasteiger partial charge in [0.2, 0.25) is 5.95 Å². The van der Waals surface area contributed by atoms with E-state index in [1.54, 1.807) is 12.4 Å². The molecule has 0 aromatic carbocycles. The van der Waals surface area contributed by atoms with Gasteiger partial charge in [0.25, 0.3) is 0 Å². The van der Waals surface area contributed by atoms with Crippen molar-refractivity contribution in [2.75, 3.05) is 32.1 Å². The van der Waals surface area contributed by atoms with Gasteiger partial charge in [-0.25, -0.2) is 9.97 Å². The molecule has 0 spiro atoms. The summed E-state index contributed by atoms with van der Waals surface area (Å²) in [5, 5.41) is 8.95. The topological polar surface area (TPSA) is 52.5 Å². The maximum absolute atomic E-state index is 8.95. The molecule has 0 aliphatic carbocycles. The summed E-state index contributed by atoms with van der Waals surface area (Å²) < 4.78 is 0. The zero-order valence-corrected chi connectivity index (χ0v) is 10.5. The minimum atomic E-state index is -0.00381. The summed E-state index contributed by atoms with van der Waals surface area (Å²) >= 11 is 0. The Balaban J connectivity index is 2.04. The highest BCUT2D eigenvalue weighted by atomic mass is 16.3. The fraction of sp³-hybridized carbons (Fsp3) is 0.667. The molecule has 1 N–H and O–H groups in total. The van der Waals surface area contributed by atoms with Crippen molar-refractivity contribution in [3.05, 3.63) is 18.0 Å². The molecule has 1 saturated heterocycles. The smallest absolute Gasteiger partial charge is 0.225 e. The molecule has 1 atom stereocenters. The number of nitrogens with zero attached hydrogens (tertiary/aromatic N) is 4. The van der Waals surface area contributed by atoms with Crippen molar-refractivity contribution in [3.63, 3.8) is 0 Å². The molecule has 0 bridgehead atoms. The second kappa shape index (κ2) is 5.42. The Labute approximate surface area is 102 Å². The third-order valence-corrected chi connectivity index (χ3v) is 3.34. The maximum atomic E-state index is 8.95. The van der Waals surface area contributed by atoms with Gasteiger partial charge >= 0.3 is 0 Å². The third-order valence-electron chi connectivity index (χ3n) is 3.34. The van der Waals surface area contributed by atoms with Crippen molar-refractivity contribution in [1.29, 1.82) is 0 Å². The SMILES string of the molecule is CN1CCCC(N(C)c2ncc(CO)cn2)C1. The Hall–Kier alpha value is -1.20. The minimum Gasteiger partial charge on any atom is -0.392 e. The fourth-order valence-electron chi connectivity index (χ4n) is 2.23. The number of hydrogen-bond acceptors (Lipinski definition) is 5. The fourth-order valence-corrected chi connectivity index (χ4v) is 2.23. The van der Waals surface area contributed by atoms with Crippen molar-refractivity contribution >= 4 is 5.95 Å². The molecule has 5 nitrogen and oxygen atoms in total. The van der Waals surface area contributed by atoms with E-state index in [0.717, 1.165) is 18.1 Å². The van der Waals surface area contributed by atoms with Gasteiger partial charge in [-0.3, -0.25) is 0 Å². The summed E-state index contributed by atoms with van der Waals surface area (Å²) in [7, 11) is 4.19. The lowest BCUT2D eigenvalue weighted by Gasteiger charge is -2.35. The summed E-state index contributed by atoms with van der Waals surface area (Å²) in [6, 6.07) is 0.480. The highest BCUT2D eigenvalue weighted by Crippen LogP contribution is 2.17. The van der Waals surface area contributed by atoms with Gasteiger partial charge in [-0.05, 0) is 26.4 Å². The molecular weight excluding hydrogens is 216 g/mol. The number of likely N-dealkylation sites (N-methyl/N-ethyl adjacent to an activating group) is 2. The van der Waals surface area contributed by atoms with Gasteiger partial charge in [-0.15, -0.1) is 0 Å². The van der Waals surface area contributed by atoms with E-state index in [-0.39, 0.29) is 6.61 Å². The van der Waals surface area contributed by atoms with Crippen LogP contribution in [0, 0.1) is 0 Å². The number of piperidine rings is 1. The normalized spacial score (nSPS) is 21.5. The summed E-state index contributed by atoms with van der Waals surface area (Å²) in [4.78, 5) is 13.0. The molecular formula is C12H20N4O. The monoisotopic (exact) mass is 236 g/mol. The number of rotatable bonds is 3. The predicted octanol–water partition coefficient (Wildman–Crippen LogP) is 0.499. The number of anilines is 1. The largest absolute Gasteiger partial charge is 0.392 e. The molecule has 17 heavy (non-hydrogen) atoms. The van der Waals surface area contributed by atoms with E-state index >= 15 is 0 Å². The van der Waals surface area contributed by atoms with Crippen LogP contribution in [-0.2, 0) is 6.61 Å². The Bertz CT molecular complexity index is 354. The third kappa shape index (κ3) is 2.92. The second-order valence-corrected chi connectivity index (χ2v) is 4.72. The molecule has 0 radical (unpaired) electrons. The molecule has 1 fully saturated rings. The first kappa shape index (κ1) is 12.3. The molecule has 0 saturated carbocycles. The van der Waals surface area contributed by atoms with Crippen LogP contribution < -0.4 is 4.90 Å². The number of aromatic nitrogens is 2. The second-order valence-electron chi connectivity index (χ2n) is 4.72.